The number of benzene rings is 2. The summed E-state index contributed by atoms with van der Waals surface area (Å²) in [5, 5.41) is 0. The molecule has 1 aromatic heterocycles. The number of hydrogen-bond donors (Lipinski definition) is 0. The van der Waals surface area contributed by atoms with E-state index in [1.807, 2.05) is 24.3 Å². The molecular weight excluding hydrogens is 404 g/mol. The molecule has 0 spiro atoms. The maximum atomic E-state index is 4.79. The molecule has 0 aliphatic rings. The third-order valence-corrected chi connectivity index (χ3v) is 5.43. The van der Waals surface area contributed by atoms with E-state index < -0.39 is 0 Å². The van der Waals surface area contributed by atoms with Gasteiger partial charge in [-0.3, -0.25) is 9.98 Å². The normalized spacial score (nSPS) is 11.1. The molecule has 2 nitrogen and oxygen atoms in total. The Morgan fingerprint density at radius 3 is 1.36 bits per heavy atom. The maximum absolute atomic E-state index is 4.79. The summed E-state index contributed by atoms with van der Waals surface area (Å²) in [4.78, 5) is 11.9. The average molecular weight is 432 g/mol. The number of rotatable bonds is 4. The largest absolute Gasteiger partial charge is 2.00 e. The molecule has 148 valence electrons. The van der Waals surface area contributed by atoms with Crippen LogP contribution in [0.1, 0.15) is 34.7 Å². The van der Waals surface area contributed by atoms with Gasteiger partial charge in [0, 0.05) is 9.75 Å². The molecule has 0 saturated heterocycles. The second-order valence-electron chi connectivity index (χ2n) is 6.13. The van der Waals surface area contributed by atoms with Gasteiger partial charge in [0.15, 0.2) is 0 Å². The van der Waals surface area contributed by atoms with E-state index in [9.17, 15) is 0 Å². The molecule has 0 fully saturated rings. The van der Waals surface area contributed by atoms with Crippen LogP contribution in [0.3, 0.4) is 0 Å². The maximum Gasteiger partial charge on any atom is 2.00 e. The van der Waals surface area contributed by atoms with Crippen molar-refractivity contribution in [2.45, 2.75) is 27.7 Å². The summed E-state index contributed by atoms with van der Waals surface area (Å²) in [5.41, 5.74) is 6.51. The fourth-order valence-electron chi connectivity index (χ4n) is 2.58. The van der Waals surface area contributed by atoms with Crippen LogP contribution in [0.25, 0.3) is 0 Å². The van der Waals surface area contributed by atoms with E-state index in [4.69, 9.17) is 9.98 Å². The van der Waals surface area contributed by atoms with Gasteiger partial charge in [-0.1, -0.05) is 36.4 Å². The van der Waals surface area contributed by atoms with E-state index in [2.05, 4.69) is 64.1 Å². The van der Waals surface area contributed by atoms with Gasteiger partial charge in [-0.2, -0.15) is 0 Å². The predicted octanol–water partition coefficient (Wildman–Crippen LogP) is 7.54. The van der Waals surface area contributed by atoms with Crippen molar-refractivity contribution in [1.29, 1.82) is 0 Å². The zero-order chi connectivity index (χ0) is 17.8. The number of aliphatic imine (C=N–C) groups is 2. The van der Waals surface area contributed by atoms with Gasteiger partial charge in [0.25, 0.3) is 0 Å². The van der Waals surface area contributed by atoms with E-state index >= 15 is 0 Å². The number of aryl methyl sites for hydroxylation is 2. The van der Waals surface area contributed by atoms with Crippen LogP contribution in [0.2, 0.25) is 0 Å². The summed E-state index contributed by atoms with van der Waals surface area (Å²) in [5.74, 6) is 0. The first-order valence-electron chi connectivity index (χ1n) is 8.37. The van der Waals surface area contributed by atoms with Crippen LogP contribution in [0.15, 0.2) is 70.6 Å². The Bertz CT molecular complexity index is 878. The van der Waals surface area contributed by atoms with E-state index in [1.54, 1.807) is 11.3 Å². The molecule has 0 amide bonds. The first kappa shape index (κ1) is 26.0. The quantitative estimate of drug-likeness (QED) is 0.231. The van der Waals surface area contributed by atoms with Crippen molar-refractivity contribution in [1.82, 2.24) is 0 Å². The molecule has 28 heavy (non-hydrogen) atoms. The molecule has 0 unspecified atom stereocenters. The standard InChI is InChI=1S/C22H22N2S.2CH3.Fe/c1-15-9-5-7-11-19(15)23-17(3)21-13-14-22(25-21)18(4)24-20-12-8-6-10-16(20)2;;;/h5-14H,1-4H3;2*1H3;/q;2*-1;+2. The minimum Gasteiger partial charge on any atom is -0.358 e. The smallest absolute Gasteiger partial charge is 0.358 e. The fourth-order valence-corrected chi connectivity index (χ4v) is 3.47. The monoisotopic (exact) mass is 432 g/mol. The van der Waals surface area contributed by atoms with Gasteiger partial charge in [0.05, 0.1) is 22.8 Å². The second kappa shape index (κ2) is 11.8. The first-order valence-corrected chi connectivity index (χ1v) is 9.18. The van der Waals surface area contributed by atoms with Crippen molar-refractivity contribution in [2.75, 3.05) is 0 Å². The van der Waals surface area contributed by atoms with Crippen molar-refractivity contribution in [3.8, 4) is 0 Å². The van der Waals surface area contributed by atoms with Gasteiger partial charge >= 0.3 is 17.1 Å². The second-order valence-corrected chi connectivity index (χ2v) is 7.22. The molecule has 0 saturated carbocycles. The van der Waals surface area contributed by atoms with Crippen LogP contribution in [0.5, 0.6) is 0 Å². The number of hydrogen-bond acceptors (Lipinski definition) is 3. The molecule has 3 rings (SSSR count). The average Bonchev–Trinajstić information content (AvgIpc) is 3.09. The van der Waals surface area contributed by atoms with E-state index in [1.165, 1.54) is 20.9 Å². The Morgan fingerprint density at radius 2 is 1.00 bits per heavy atom. The zero-order valence-corrected chi connectivity index (χ0v) is 19.4. The zero-order valence-electron chi connectivity index (χ0n) is 17.4. The third kappa shape index (κ3) is 6.27. The molecule has 0 radical (unpaired) electrons. The van der Waals surface area contributed by atoms with Gasteiger partial charge in [0.1, 0.15) is 0 Å². The first-order chi connectivity index (χ1) is 12.0. The molecule has 0 aliphatic heterocycles. The Morgan fingerprint density at radius 1 is 0.643 bits per heavy atom. The number of nitrogens with zero attached hydrogens (tertiary/aromatic N) is 2. The molecule has 3 aromatic rings. The summed E-state index contributed by atoms with van der Waals surface area (Å²) in [6.07, 6.45) is 0. The molecule has 1 heterocycles. The third-order valence-electron chi connectivity index (χ3n) is 4.13. The van der Waals surface area contributed by atoms with Gasteiger partial charge < -0.3 is 14.9 Å². The van der Waals surface area contributed by atoms with Gasteiger partial charge in [-0.25, -0.2) is 0 Å². The Kier molecular flexibility index (Phi) is 10.9. The molecule has 2 aromatic carbocycles. The Labute approximate surface area is 185 Å². The van der Waals surface area contributed by atoms with Gasteiger partial charge in [-0.15, -0.1) is 11.3 Å². The van der Waals surface area contributed by atoms with Crippen molar-refractivity contribution < 1.29 is 17.1 Å². The van der Waals surface area contributed by atoms with Crippen LogP contribution < -0.4 is 0 Å². The van der Waals surface area contributed by atoms with Gasteiger partial charge in [0.2, 0.25) is 0 Å². The minimum absolute atomic E-state index is 0. The van der Waals surface area contributed by atoms with Crippen LogP contribution in [-0.2, 0) is 17.1 Å². The fraction of sp³-hybridized carbons (Fsp3) is 0.167. The van der Waals surface area contributed by atoms with Crippen LogP contribution in [-0.4, -0.2) is 11.4 Å². The van der Waals surface area contributed by atoms with Crippen molar-refractivity contribution in [2.24, 2.45) is 9.98 Å². The van der Waals surface area contributed by atoms with E-state index in [0.29, 0.717) is 0 Å². The minimum atomic E-state index is 0. The summed E-state index contributed by atoms with van der Waals surface area (Å²) in [6, 6.07) is 20.7. The van der Waals surface area contributed by atoms with Crippen molar-refractivity contribution in [3.05, 3.63) is 96.4 Å². The van der Waals surface area contributed by atoms with Crippen LogP contribution in [0.4, 0.5) is 11.4 Å². The van der Waals surface area contributed by atoms with E-state index in [0.717, 1.165) is 22.8 Å². The number of thiophene rings is 1. The molecular formula is C24H28FeN2S. The number of para-hydroxylation sites is 2. The molecule has 0 atom stereocenters. The predicted molar refractivity (Wildman–Crippen MR) is 123 cm³/mol. The molecule has 0 N–H and O–H groups in total. The SMILES string of the molecule is CC(=Nc1ccccc1C)c1ccc(C(C)=Nc2ccccc2C)s1.[CH3-].[CH3-].[Fe+2]. The summed E-state index contributed by atoms with van der Waals surface area (Å²) >= 11 is 1.74. The van der Waals surface area contributed by atoms with Crippen molar-refractivity contribution >= 4 is 34.1 Å². The van der Waals surface area contributed by atoms with Gasteiger partial charge in [-0.05, 0) is 63.1 Å². The van der Waals surface area contributed by atoms with E-state index in [-0.39, 0.29) is 31.9 Å². The summed E-state index contributed by atoms with van der Waals surface area (Å²) in [6.45, 7) is 8.31. The molecule has 4 heteroatoms. The summed E-state index contributed by atoms with van der Waals surface area (Å²) < 4.78 is 0. The van der Waals surface area contributed by atoms with Crippen LogP contribution in [0, 0.1) is 28.7 Å². The van der Waals surface area contributed by atoms with Crippen LogP contribution >= 0.6 is 11.3 Å². The topological polar surface area (TPSA) is 24.7 Å². The summed E-state index contributed by atoms with van der Waals surface area (Å²) in [7, 11) is 0. The Balaban J connectivity index is 0.00000243. The molecule has 0 aliphatic carbocycles. The molecule has 0 bridgehead atoms. The Hall–Kier alpha value is -2.00. The van der Waals surface area contributed by atoms with Crippen molar-refractivity contribution in [3.63, 3.8) is 0 Å².